The Kier molecular flexibility index (Phi) is 6.29. The van der Waals surface area contributed by atoms with E-state index in [-0.39, 0.29) is 0 Å². The summed E-state index contributed by atoms with van der Waals surface area (Å²) >= 11 is 0. The normalized spacial score (nSPS) is 14.2. The summed E-state index contributed by atoms with van der Waals surface area (Å²) in [6.07, 6.45) is 1.06. The molecule has 0 saturated heterocycles. The van der Waals surface area contributed by atoms with Gasteiger partial charge in [0.1, 0.15) is 0 Å². The highest BCUT2D eigenvalue weighted by molar-refractivity contribution is 7.87. The molecule has 0 bridgehead atoms. The molecule has 0 aliphatic carbocycles. The molecule has 1 aromatic carbocycles. The van der Waals surface area contributed by atoms with Gasteiger partial charge in [0.25, 0.3) is 0 Å². The predicted octanol–water partition coefficient (Wildman–Crippen LogP) is 5.44. The van der Waals surface area contributed by atoms with Gasteiger partial charge < -0.3 is 4.43 Å². The van der Waals surface area contributed by atoms with Crippen LogP contribution < -0.4 is 0 Å². The van der Waals surface area contributed by atoms with E-state index in [1.165, 1.54) is 5.56 Å². The lowest BCUT2D eigenvalue weighted by Crippen LogP contribution is -2.84. The molecule has 5 heteroatoms. The van der Waals surface area contributed by atoms with E-state index in [0.717, 1.165) is 13.0 Å². The topological polar surface area (TPSA) is 9.23 Å². The highest BCUT2D eigenvalue weighted by Crippen LogP contribution is 2.37. The molecule has 0 fully saturated rings. The molecule has 0 aliphatic heterocycles. The Hall–Kier alpha value is 0.0475. The van der Waals surface area contributed by atoms with E-state index in [1.807, 2.05) is 0 Å². The van der Waals surface area contributed by atoms with Crippen LogP contribution in [-0.2, 0) is 10.8 Å². The summed E-state index contributed by atoms with van der Waals surface area (Å²) in [6, 6.07) is 10.8. The van der Waals surface area contributed by atoms with Crippen LogP contribution in [0.5, 0.6) is 0 Å². The molecule has 0 spiro atoms. The summed E-state index contributed by atoms with van der Waals surface area (Å²) in [5, 5.41) is 0. The molecular weight excluding hydrogens is 333 g/mol. The van der Waals surface area contributed by atoms with Gasteiger partial charge in [-0.1, -0.05) is 89.3 Å². The van der Waals surface area contributed by atoms with E-state index in [2.05, 4.69) is 89.3 Å². The molecule has 1 aromatic rings. The average molecular weight is 369 g/mol. The first-order valence-corrected chi connectivity index (χ1v) is 23.9. The van der Waals surface area contributed by atoms with Crippen molar-refractivity contribution in [3.63, 3.8) is 0 Å². The first kappa shape index (κ1) is 20.1. The Morgan fingerprint density at radius 3 is 1.45 bits per heavy atom. The second-order valence-electron chi connectivity index (χ2n) is 9.52. The fourth-order valence-corrected chi connectivity index (χ4v) is 99.3. The van der Waals surface area contributed by atoms with E-state index in [9.17, 15) is 0 Å². The second kappa shape index (κ2) is 6.89. The van der Waals surface area contributed by atoms with Crippen molar-refractivity contribution in [1.29, 1.82) is 0 Å². The van der Waals surface area contributed by atoms with E-state index >= 15 is 0 Å². The van der Waals surface area contributed by atoms with Crippen LogP contribution in [0.2, 0.25) is 58.9 Å². The number of rotatable bonds is 7. The van der Waals surface area contributed by atoms with Crippen LogP contribution in [0.15, 0.2) is 30.3 Å². The third-order valence-corrected chi connectivity index (χ3v) is 72.5. The van der Waals surface area contributed by atoms with Gasteiger partial charge in [-0.2, -0.15) is 0 Å². The van der Waals surface area contributed by atoms with Crippen molar-refractivity contribution in [3.05, 3.63) is 35.9 Å². The Bertz CT molecular complexity index is 430. The maximum Gasteiger partial charge on any atom is 0.158 e. The van der Waals surface area contributed by atoms with Gasteiger partial charge in [-0.25, -0.2) is 0 Å². The van der Waals surface area contributed by atoms with Gasteiger partial charge in [0, 0.05) is 6.61 Å². The molecule has 0 aromatic heterocycles. The van der Waals surface area contributed by atoms with Crippen LogP contribution in [0.25, 0.3) is 0 Å². The summed E-state index contributed by atoms with van der Waals surface area (Å²) in [5.74, 6) is 0. The Balaban J connectivity index is 3.06. The standard InChI is InChI=1S/C17H36OSi4/c1-19(2,3)22(20(4,5)6,21(7,8)9)18-16-15-17-13-11-10-12-14-17/h10-14H,15-16H2,1-9H3. The minimum absolute atomic E-state index is 0.926. The predicted molar refractivity (Wildman–Crippen MR) is 112 cm³/mol. The maximum absolute atomic E-state index is 7.05. The number of hydrogen-bond donors (Lipinski definition) is 0. The molecule has 0 saturated carbocycles. The lowest BCUT2D eigenvalue weighted by Gasteiger charge is -2.56. The molecule has 0 amide bonds. The van der Waals surface area contributed by atoms with Crippen LogP contribution >= 0.6 is 0 Å². The third-order valence-electron chi connectivity index (χ3n) is 4.72. The van der Waals surface area contributed by atoms with Crippen molar-refractivity contribution >= 4 is 29.6 Å². The van der Waals surface area contributed by atoms with Crippen molar-refractivity contribution in [2.45, 2.75) is 65.3 Å². The Morgan fingerprint density at radius 1 is 0.682 bits per heavy atom. The molecule has 0 aliphatic rings. The number of hydrogen-bond acceptors (Lipinski definition) is 1. The first-order valence-electron chi connectivity index (χ1n) is 8.51. The largest absolute Gasteiger partial charge is 0.426 e. The fourth-order valence-electron chi connectivity index (χ4n) is 4.99. The molecule has 0 unspecified atom stereocenters. The zero-order chi connectivity index (χ0) is 17.2. The minimum atomic E-state index is -1.64. The van der Waals surface area contributed by atoms with Gasteiger partial charge in [0.15, 0.2) is 6.87 Å². The first-order chi connectivity index (χ1) is 9.83. The molecule has 1 nitrogen and oxygen atoms in total. The molecule has 0 heterocycles. The van der Waals surface area contributed by atoms with Crippen LogP contribution in [0.3, 0.4) is 0 Å². The van der Waals surface area contributed by atoms with Gasteiger partial charge in [-0.05, 0) is 12.0 Å². The molecule has 22 heavy (non-hydrogen) atoms. The maximum atomic E-state index is 7.05. The summed E-state index contributed by atoms with van der Waals surface area (Å²) in [4.78, 5) is 0. The third kappa shape index (κ3) is 4.11. The van der Waals surface area contributed by atoms with Crippen molar-refractivity contribution in [1.82, 2.24) is 0 Å². The van der Waals surface area contributed by atoms with Crippen LogP contribution in [0, 0.1) is 0 Å². The van der Waals surface area contributed by atoms with E-state index in [1.54, 1.807) is 0 Å². The summed E-state index contributed by atoms with van der Waals surface area (Å²) in [7, 11) is -3.92. The van der Waals surface area contributed by atoms with Gasteiger partial charge >= 0.3 is 0 Å². The van der Waals surface area contributed by atoms with Crippen molar-refractivity contribution < 1.29 is 4.43 Å². The molecule has 126 valence electrons. The zero-order valence-electron chi connectivity index (χ0n) is 16.2. The Labute approximate surface area is 142 Å². The van der Waals surface area contributed by atoms with Gasteiger partial charge in [0.2, 0.25) is 0 Å². The Morgan fingerprint density at radius 2 is 1.09 bits per heavy atom. The van der Waals surface area contributed by atoms with Crippen molar-refractivity contribution in [3.8, 4) is 0 Å². The molecular formula is C17H36OSi4. The SMILES string of the molecule is C[Si](C)(C)[Si](OCCc1ccccc1)([Si](C)(C)C)[Si](C)(C)C. The molecule has 0 N–H and O–H groups in total. The highest BCUT2D eigenvalue weighted by atomic mass is 29.9. The average Bonchev–Trinajstić information content (AvgIpc) is 2.31. The smallest absolute Gasteiger partial charge is 0.158 e. The van der Waals surface area contributed by atoms with Crippen molar-refractivity contribution in [2.24, 2.45) is 0 Å². The van der Waals surface area contributed by atoms with Crippen LogP contribution in [0.1, 0.15) is 5.56 Å². The molecule has 0 atom stereocenters. The fraction of sp³-hybridized carbons (Fsp3) is 0.647. The van der Waals surface area contributed by atoms with Crippen molar-refractivity contribution in [2.75, 3.05) is 6.61 Å². The lowest BCUT2D eigenvalue weighted by molar-refractivity contribution is 0.334. The quantitative estimate of drug-likeness (QED) is 0.582. The second-order valence-corrected chi connectivity index (χ2v) is 49.0. The zero-order valence-corrected chi connectivity index (χ0v) is 20.2. The lowest BCUT2D eigenvalue weighted by atomic mass is 10.2. The summed E-state index contributed by atoms with van der Waals surface area (Å²) in [5.41, 5.74) is 1.41. The molecule has 1 rings (SSSR count). The van der Waals surface area contributed by atoms with Gasteiger partial charge in [-0.3, -0.25) is 0 Å². The summed E-state index contributed by atoms with van der Waals surface area (Å²) < 4.78 is 7.05. The van der Waals surface area contributed by atoms with Gasteiger partial charge in [-0.15, -0.1) is 0 Å². The van der Waals surface area contributed by atoms with E-state index < -0.39 is 29.6 Å². The summed E-state index contributed by atoms with van der Waals surface area (Å²) in [6.45, 7) is 22.5. The van der Waals surface area contributed by atoms with E-state index in [0.29, 0.717) is 0 Å². The number of benzene rings is 1. The molecule has 0 radical (unpaired) electrons. The van der Waals surface area contributed by atoms with Gasteiger partial charge in [0.05, 0.1) is 22.8 Å². The van der Waals surface area contributed by atoms with E-state index in [4.69, 9.17) is 4.43 Å². The minimum Gasteiger partial charge on any atom is -0.426 e. The highest BCUT2D eigenvalue weighted by Gasteiger charge is 2.63. The van der Waals surface area contributed by atoms with Crippen LogP contribution in [-0.4, -0.2) is 36.3 Å². The van der Waals surface area contributed by atoms with Crippen LogP contribution in [0.4, 0.5) is 0 Å². The monoisotopic (exact) mass is 368 g/mol.